The summed E-state index contributed by atoms with van der Waals surface area (Å²) < 4.78 is 11.5. The zero-order chi connectivity index (χ0) is 23.3. The first kappa shape index (κ1) is 22.9. The van der Waals surface area contributed by atoms with E-state index in [4.69, 9.17) is 21.1 Å². The van der Waals surface area contributed by atoms with E-state index < -0.39 is 5.56 Å². The second-order valence-corrected chi connectivity index (χ2v) is 7.39. The SMILES string of the molecule is COc1ccc(CCn2c(O)c(C=Nc3ccc(OC)c(Cl)c3)c(C)c(C#N)c2=O)cc1. The summed E-state index contributed by atoms with van der Waals surface area (Å²) in [5, 5.41) is 20.8. The summed E-state index contributed by atoms with van der Waals surface area (Å²) >= 11 is 6.14. The highest BCUT2D eigenvalue weighted by Gasteiger charge is 2.18. The van der Waals surface area contributed by atoms with Gasteiger partial charge >= 0.3 is 0 Å². The smallest absolute Gasteiger partial charge is 0.271 e. The van der Waals surface area contributed by atoms with Gasteiger partial charge in [-0.2, -0.15) is 5.26 Å². The van der Waals surface area contributed by atoms with Crippen LogP contribution in [0.4, 0.5) is 5.69 Å². The summed E-state index contributed by atoms with van der Waals surface area (Å²) in [6, 6.07) is 14.4. The number of hydrogen-bond acceptors (Lipinski definition) is 6. The molecule has 0 spiro atoms. The van der Waals surface area contributed by atoms with Crippen LogP contribution in [0.15, 0.2) is 52.3 Å². The van der Waals surface area contributed by atoms with Gasteiger partial charge in [0.25, 0.3) is 5.56 Å². The Hall–Kier alpha value is -3.76. The maximum Gasteiger partial charge on any atom is 0.271 e. The maximum atomic E-state index is 12.8. The molecule has 3 aromatic rings. The van der Waals surface area contributed by atoms with Crippen molar-refractivity contribution in [2.45, 2.75) is 19.9 Å². The Labute approximate surface area is 190 Å². The zero-order valence-electron chi connectivity index (χ0n) is 17.9. The van der Waals surface area contributed by atoms with Gasteiger partial charge in [-0.15, -0.1) is 0 Å². The number of aromatic nitrogens is 1. The van der Waals surface area contributed by atoms with Gasteiger partial charge in [-0.3, -0.25) is 14.4 Å². The van der Waals surface area contributed by atoms with E-state index in [0.29, 0.717) is 34.0 Å². The molecule has 1 heterocycles. The number of aromatic hydroxyl groups is 1. The molecule has 0 saturated carbocycles. The number of halogens is 1. The van der Waals surface area contributed by atoms with Crippen LogP contribution in [0.2, 0.25) is 5.02 Å². The number of aryl methyl sites for hydroxylation is 1. The van der Waals surface area contributed by atoms with Gasteiger partial charge in [0.05, 0.1) is 30.5 Å². The fourth-order valence-corrected chi connectivity index (χ4v) is 3.49. The van der Waals surface area contributed by atoms with Crippen molar-refractivity contribution in [3.8, 4) is 23.4 Å². The van der Waals surface area contributed by atoms with Crippen molar-refractivity contribution < 1.29 is 14.6 Å². The minimum absolute atomic E-state index is 0.0354. The lowest BCUT2D eigenvalue weighted by Crippen LogP contribution is -2.26. The predicted molar refractivity (Wildman–Crippen MR) is 124 cm³/mol. The Kier molecular flexibility index (Phi) is 7.18. The topological polar surface area (TPSA) is 96.8 Å². The number of nitriles is 1. The van der Waals surface area contributed by atoms with E-state index in [2.05, 4.69) is 4.99 Å². The molecule has 0 aliphatic carbocycles. The van der Waals surface area contributed by atoms with E-state index in [0.717, 1.165) is 11.3 Å². The summed E-state index contributed by atoms with van der Waals surface area (Å²) in [5.41, 5.74) is 1.57. The normalized spacial score (nSPS) is 10.8. The van der Waals surface area contributed by atoms with Crippen molar-refractivity contribution in [2.24, 2.45) is 4.99 Å². The molecule has 1 aromatic heterocycles. The van der Waals surface area contributed by atoms with Crippen molar-refractivity contribution in [1.82, 2.24) is 4.57 Å². The van der Waals surface area contributed by atoms with E-state index in [1.165, 1.54) is 17.9 Å². The van der Waals surface area contributed by atoms with Gasteiger partial charge in [-0.1, -0.05) is 23.7 Å². The quantitative estimate of drug-likeness (QED) is 0.537. The number of nitrogens with zero attached hydrogens (tertiary/aromatic N) is 3. The molecule has 0 amide bonds. The van der Waals surface area contributed by atoms with Gasteiger partial charge < -0.3 is 14.6 Å². The third kappa shape index (κ3) is 4.76. The van der Waals surface area contributed by atoms with Crippen LogP contribution in [-0.4, -0.2) is 30.1 Å². The Morgan fingerprint density at radius 1 is 1.19 bits per heavy atom. The molecule has 0 fully saturated rings. The van der Waals surface area contributed by atoms with Crippen LogP contribution in [0.1, 0.15) is 22.3 Å². The summed E-state index contributed by atoms with van der Waals surface area (Å²) in [4.78, 5) is 17.1. The molecule has 0 aliphatic heterocycles. The van der Waals surface area contributed by atoms with Crippen LogP contribution in [0.3, 0.4) is 0 Å². The molecule has 8 heteroatoms. The molecule has 32 heavy (non-hydrogen) atoms. The van der Waals surface area contributed by atoms with Gasteiger partial charge in [0.1, 0.15) is 23.1 Å². The number of pyridine rings is 1. The number of benzene rings is 2. The van der Waals surface area contributed by atoms with Gasteiger partial charge in [-0.05, 0) is 54.8 Å². The van der Waals surface area contributed by atoms with Gasteiger partial charge in [-0.25, -0.2) is 0 Å². The van der Waals surface area contributed by atoms with Crippen LogP contribution in [0.25, 0.3) is 0 Å². The van der Waals surface area contributed by atoms with Crippen LogP contribution in [-0.2, 0) is 13.0 Å². The third-order valence-electron chi connectivity index (χ3n) is 5.11. The van der Waals surface area contributed by atoms with Crippen molar-refractivity contribution in [1.29, 1.82) is 5.26 Å². The second-order valence-electron chi connectivity index (χ2n) is 6.98. The number of hydrogen-bond donors (Lipinski definition) is 1. The number of methoxy groups -OCH3 is 2. The maximum absolute atomic E-state index is 12.8. The van der Waals surface area contributed by atoms with Crippen LogP contribution in [0.5, 0.6) is 17.4 Å². The number of aliphatic imine (C=N–C) groups is 1. The summed E-state index contributed by atoms with van der Waals surface area (Å²) in [6.45, 7) is 1.80. The van der Waals surface area contributed by atoms with Crippen LogP contribution in [0, 0.1) is 18.3 Å². The van der Waals surface area contributed by atoms with E-state index in [-0.39, 0.29) is 18.0 Å². The molecule has 0 bridgehead atoms. The largest absolute Gasteiger partial charge is 0.497 e. The fraction of sp³-hybridized carbons (Fsp3) is 0.208. The zero-order valence-corrected chi connectivity index (χ0v) is 18.7. The molecule has 0 radical (unpaired) electrons. The van der Waals surface area contributed by atoms with Crippen LogP contribution >= 0.6 is 11.6 Å². The van der Waals surface area contributed by atoms with Gasteiger partial charge in [0.2, 0.25) is 5.88 Å². The molecule has 0 atom stereocenters. The predicted octanol–water partition coefficient (Wildman–Crippen LogP) is 4.40. The van der Waals surface area contributed by atoms with Crippen molar-refractivity contribution in [2.75, 3.05) is 14.2 Å². The van der Waals surface area contributed by atoms with E-state index in [9.17, 15) is 15.2 Å². The van der Waals surface area contributed by atoms with Crippen molar-refractivity contribution in [3.05, 3.63) is 80.1 Å². The van der Waals surface area contributed by atoms with Gasteiger partial charge in [0, 0.05) is 12.8 Å². The van der Waals surface area contributed by atoms with Crippen LogP contribution < -0.4 is 15.0 Å². The summed E-state index contributed by atoms with van der Waals surface area (Å²) in [7, 11) is 3.11. The average Bonchev–Trinajstić information content (AvgIpc) is 2.79. The molecule has 0 aliphatic rings. The Bertz CT molecular complexity index is 1260. The fourth-order valence-electron chi connectivity index (χ4n) is 3.24. The highest BCUT2D eigenvalue weighted by atomic mass is 35.5. The molecule has 1 N–H and O–H groups in total. The Balaban J connectivity index is 1.96. The molecule has 2 aromatic carbocycles. The number of rotatable bonds is 7. The van der Waals surface area contributed by atoms with Gasteiger partial charge in [0.15, 0.2) is 0 Å². The first-order valence-electron chi connectivity index (χ1n) is 9.76. The molecule has 3 rings (SSSR count). The van der Waals surface area contributed by atoms with Crippen molar-refractivity contribution in [3.63, 3.8) is 0 Å². The lowest BCUT2D eigenvalue weighted by molar-refractivity contribution is 0.404. The lowest BCUT2D eigenvalue weighted by Gasteiger charge is -2.14. The molecule has 0 saturated heterocycles. The minimum atomic E-state index is -0.541. The van der Waals surface area contributed by atoms with Crippen molar-refractivity contribution >= 4 is 23.5 Å². The molecule has 0 unspecified atom stereocenters. The van der Waals surface area contributed by atoms with E-state index >= 15 is 0 Å². The Morgan fingerprint density at radius 2 is 1.91 bits per heavy atom. The first-order valence-corrected chi connectivity index (χ1v) is 10.1. The Morgan fingerprint density at radius 3 is 2.50 bits per heavy atom. The molecule has 164 valence electrons. The first-order chi connectivity index (χ1) is 15.4. The molecule has 7 nitrogen and oxygen atoms in total. The average molecular weight is 452 g/mol. The standard InChI is InChI=1S/C24H22ClN3O4/c1-15-19(13-26)23(29)28(11-10-16-4-7-18(31-2)8-5-16)24(30)20(15)14-27-17-6-9-22(32-3)21(25)12-17/h4-9,12,14,30H,10-11H2,1-3H3. The summed E-state index contributed by atoms with van der Waals surface area (Å²) in [5.74, 6) is 1.000. The highest BCUT2D eigenvalue weighted by Crippen LogP contribution is 2.29. The van der Waals surface area contributed by atoms with E-state index in [1.54, 1.807) is 32.2 Å². The number of ether oxygens (including phenoxy) is 2. The van der Waals surface area contributed by atoms with E-state index in [1.807, 2.05) is 30.3 Å². The lowest BCUT2D eigenvalue weighted by atomic mass is 10.1. The molecular formula is C24H22ClN3O4. The molecular weight excluding hydrogens is 430 g/mol. The second kappa shape index (κ2) is 10.0. The minimum Gasteiger partial charge on any atom is -0.497 e. The summed E-state index contributed by atoms with van der Waals surface area (Å²) in [6.07, 6.45) is 1.91. The monoisotopic (exact) mass is 451 g/mol. The third-order valence-corrected chi connectivity index (χ3v) is 5.40. The highest BCUT2D eigenvalue weighted by molar-refractivity contribution is 6.32.